The van der Waals surface area contributed by atoms with E-state index in [2.05, 4.69) is 31.0 Å². The predicted octanol–water partition coefficient (Wildman–Crippen LogP) is 3.42. The molecule has 0 aromatic heterocycles. The second-order valence-electron chi connectivity index (χ2n) is 6.78. The van der Waals surface area contributed by atoms with Crippen LogP contribution in [-0.2, 0) is 0 Å². The smallest absolute Gasteiger partial charge is 0.0308 e. The molecule has 2 aliphatic rings. The normalized spacial score (nSPS) is 25.5. The van der Waals surface area contributed by atoms with Crippen molar-refractivity contribution >= 4 is 0 Å². The molecule has 0 aromatic rings. The standard InChI is InChI=1S/C16H32N2/c1-4-17-15(14-10-6-5-7-11-14)16(2,3)18-12-8-9-13-18/h14-15,17H,4-13H2,1-3H3. The topological polar surface area (TPSA) is 15.3 Å². The van der Waals surface area contributed by atoms with Crippen molar-refractivity contribution in [3.63, 3.8) is 0 Å². The van der Waals surface area contributed by atoms with Crippen LogP contribution in [0.15, 0.2) is 0 Å². The molecular weight excluding hydrogens is 220 g/mol. The fourth-order valence-corrected chi connectivity index (χ4v) is 4.17. The molecule has 1 aliphatic carbocycles. The van der Waals surface area contributed by atoms with E-state index in [1.165, 1.54) is 58.0 Å². The van der Waals surface area contributed by atoms with Gasteiger partial charge >= 0.3 is 0 Å². The number of likely N-dealkylation sites (tertiary alicyclic amines) is 1. The van der Waals surface area contributed by atoms with Crippen LogP contribution < -0.4 is 5.32 Å². The lowest BCUT2D eigenvalue weighted by atomic mass is 9.75. The summed E-state index contributed by atoms with van der Waals surface area (Å²) in [7, 11) is 0. The van der Waals surface area contributed by atoms with Crippen molar-refractivity contribution in [3.05, 3.63) is 0 Å². The van der Waals surface area contributed by atoms with E-state index >= 15 is 0 Å². The van der Waals surface area contributed by atoms with E-state index in [0.717, 1.165) is 12.5 Å². The molecule has 0 bridgehead atoms. The first-order valence-corrected chi connectivity index (χ1v) is 8.14. The highest BCUT2D eigenvalue weighted by Crippen LogP contribution is 2.35. The fourth-order valence-electron chi connectivity index (χ4n) is 4.17. The Morgan fingerprint density at radius 1 is 1.06 bits per heavy atom. The van der Waals surface area contributed by atoms with Crippen molar-refractivity contribution in [2.45, 2.75) is 77.3 Å². The molecule has 0 radical (unpaired) electrons. The van der Waals surface area contributed by atoms with Crippen LogP contribution in [0.4, 0.5) is 0 Å². The van der Waals surface area contributed by atoms with Crippen molar-refractivity contribution in [2.75, 3.05) is 19.6 Å². The van der Waals surface area contributed by atoms with Crippen LogP contribution in [0.2, 0.25) is 0 Å². The molecule has 2 rings (SSSR count). The lowest BCUT2D eigenvalue weighted by molar-refractivity contribution is 0.0663. The second kappa shape index (κ2) is 6.38. The van der Waals surface area contributed by atoms with Crippen molar-refractivity contribution in [1.29, 1.82) is 0 Å². The van der Waals surface area contributed by atoms with E-state index in [-0.39, 0.29) is 0 Å². The Bertz CT molecular complexity index is 237. The molecule has 106 valence electrons. The van der Waals surface area contributed by atoms with Gasteiger partial charge in [0.2, 0.25) is 0 Å². The van der Waals surface area contributed by atoms with Gasteiger partial charge in [-0.05, 0) is 65.1 Å². The maximum absolute atomic E-state index is 3.83. The van der Waals surface area contributed by atoms with Gasteiger partial charge in [-0.1, -0.05) is 26.2 Å². The minimum absolute atomic E-state index is 0.328. The first kappa shape index (κ1) is 14.3. The van der Waals surface area contributed by atoms with Gasteiger partial charge in [0.15, 0.2) is 0 Å². The Balaban J connectivity index is 2.06. The summed E-state index contributed by atoms with van der Waals surface area (Å²) in [6, 6.07) is 0.681. The van der Waals surface area contributed by atoms with Crippen LogP contribution in [0, 0.1) is 5.92 Å². The first-order valence-electron chi connectivity index (χ1n) is 8.14. The zero-order valence-electron chi connectivity index (χ0n) is 12.7. The van der Waals surface area contributed by atoms with Gasteiger partial charge in [0, 0.05) is 11.6 Å². The molecule has 1 unspecified atom stereocenters. The average molecular weight is 252 g/mol. The van der Waals surface area contributed by atoms with Gasteiger partial charge in [-0.3, -0.25) is 4.90 Å². The van der Waals surface area contributed by atoms with Crippen LogP contribution in [0.5, 0.6) is 0 Å². The minimum atomic E-state index is 0.328. The molecule has 1 N–H and O–H groups in total. The summed E-state index contributed by atoms with van der Waals surface area (Å²) in [5.74, 6) is 0.897. The summed E-state index contributed by atoms with van der Waals surface area (Å²) in [4.78, 5) is 2.73. The number of nitrogens with zero attached hydrogens (tertiary/aromatic N) is 1. The number of likely N-dealkylation sites (N-methyl/N-ethyl adjacent to an activating group) is 1. The zero-order chi connectivity index (χ0) is 13.0. The van der Waals surface area contributed by atoms with E-state index in [9.17, 15) is 0 Å². The van der Waals surface area contributed by atoms with Crippen LogP contribution in [0.3, 0.4) is 0 Å². The van der Waals surface area contributed by atoms with E-state index in [1.807, 2.05) is 0 Å². The van der Waals surface area contributed by atoms with Crippen LogP contribution in [0.25, 0.3) is 0 Å². The summed E-state index contributed by atoms with van der Waals surface area (Å²) in [6.07, 6.45) is 10.0. The molecule has 2 fully saturated rings. The maximum Gasteiger partial charge on any atom is 0.0308 e. The van der Waals surface area contributed by atoms with E-state index in [0.29, 0.717) is 11.6 Å². The average Bonchev–Trinajstić information content (AvgIpc) is 2.91. The third kappa shape index (κ3) is 3.08. The number of rotatable bonds is 5. The fraction of sp³-hybridized carbons (Fsp3) is 1.00. The second-order valence-corrected chi connectivity index (χ2v) is 6.78. The Labute approximate surface area is 114 Å². The molecule has 0 amide bonds. The minimum Gasteiger partial charge on any atom is -0.312 e. The first-order chi connectivity index (χ1) is 8.66. The predicted molar refractivity (Wildman–Crippen MR) is 78.9 cm³/mol. The molecule has 2 nitrogen and oxygen atoms in total. The van der Waals surface area contributed by atoms with Gasteiger partial charge in [-0.25, -0.2) is 0 Å². The molecule has 0 spiro atoms. The molecular formula is C16H32N2. The molecule has 1 saturated carbocycles. The quantitative estimate of drug-likeness (QED) is 0.806. The molecule has 0 aromatic carbocycles. The van der Waals surface area contributed by atoms with Gasteiger partial charge < -0.3 is 5.32 Å². The van der Waals surface area contributed by atoms with Gasteiger partial charge in [0.1, 0.15) is 0 Å². The van der Waals surface area contributed by atoms with Gasteiger partial charge in [-0.15, -0.1) is 0 Å². The molecule has 1 aliphatic heterocycles. The van der Waals surface area contributed by atoms with Gasteiger partial charge in [0.05, 0.1) is 0 Å². The van der Waals surface area contributed by atoms with Gasteiger partial charge in [0.25, 0.3) is 0 Å². The molecule has 18 heavy (non-hydrogen) atoms. The van der Waals surface area contributed by atoms with Crippen molar-refractivity contribution < 1.29 is 0 Å². The summed E-state index contributed by atoms with van der Waals surface area (Å²) in [5.41, 5.74) is 0.328. The molecule has 1 atom stereocenters. The summed E-state index contributed by atoms with van der Waals surface area (Å²) in [5, 5.41) is 3.83. The Morgan fingerprint density at radius 2 is 1.67 bits per heavy atom. The van der Waals surface area contributed by atoms with Gasteiger partial charge in [-0.2, -0.15) is 0 Å². The Kier molecular flexibility index (Phi) is 5.08. The van der Waals surface area contributed by atoms with E-state index in [4.69, 9.17) is 0 Å². The Hall–Kier alpha value is -0.0800. The third-order valence-electron chi connectivity index (χ3n) is 5.23. The largest absolute Gasteiger partial charge is 0.312 e. The van der Waals surface area contributed by atoms with Crippen molar-refractivity contribution in [2.24, 2.45) is 5.92 Å². The molecule has 2 heteroatoms. The van der Waals surface area contributed by atoms with Crippen LogP contribution in [-0.4, -0.2) is 36.1 Å². The lowest BCUT2D eigenvalue weighted by Crippen LogP contribution is -2.60. The Morgan fingerprint density at radius 3 is 2.22 bits per heavy atom. The lowest BCUT2D eigenvalue weighted by Gasteiger charge is -2.47. The summed E-state index contributed by atoms with van der Waals surface area (Å²) >= 11 is 0. The summed E-state index contributed by atoms with van der Waals surface area (Å²) in [6.45, 7) is 10.9. The van der Waals surface area contributed by atoms with Crippen LogP contribution in [0.1, 0.15) is 65.7 Å². The van der Waals surface area contributed by atoms with E-state index < -0.39 is 0 Å². The highest BCUT2D eigenvalue weighted by atomic mass is 15.2. The highest BCUT2D eigenvalue weighted by molar-refractivity contribution is 4.98. The number of hydrogen-bond acceptors (Lipinski definition) is 2. The van der Waals surface area contributed by atoms with Crippen molar-refractivity contribution in [3.8, 4) is 0 Å². The molecule has 1 saturated heterocycles. The zero-order valence-corrected chi connectivity index (χ0v) is 12.7. The van der Waals surface area contributed by atoms with Crippen LogP contribution >= 0.6 is 0 Å². The number of nitrogens with one attached hydrogen (secondary N) is 1. The highest BCUT2D eigenvalue weighted by Gasteiger charge is 2.40. The third-order valence-corrected chi connectivity index (χ3v) is 5.23. The monoisotopic (exact) mass is 252 g/mol. The van der Waals surface area contributed by atoms with E-state index in [1.54, 1.807) is 0 Å². The van der Waals surface area contributed by atoms with Crippen molar-refractivity contribution in [1.82, 2.24) is 10.2 Å². The maximum atomic E-state index is 3.83. The molecule has 1 heterocycles. The number of hydrogen-bond donors (Lipinski definition) is 1. The summed E-state index contributed by atoms with van der Waals surface area (Å²) < 4.78 is 0. The SMILES string of the molecule is CCNC(C1CCCCC1)C(C)(C)N1CCCC1.